The zero-order valence-corrected chi connectivity index (χ0v) is 12.3. The molecule has 0 spiro atoms. The zero-order chi connectivity index (χ0) is 15.8. The lowest BCUT2D eigenvalue weighted by atomic mass is 10.2. The number of amides is 1. The van der Waals surface area contributed by atoms with E-state index in [1.807, 2.05) is 13.8 Å². The molecule has 0 radical (unpaired) electrons. The van der Waals surface area contributed by atoms with Crippen molar-refractivity contribution in [2.24, 2.45) is 0 Å². The van der Waals surface area contributed by atoms with Gasteiger partial charge in [-0.3, -0.25) is 4.79 Å². The molecular formula is C15H20FNO4. The van der Waals surface area contributed by atoms with Crippen LogP contribution in [0.25, 0.3) is 0 Å². The maximum atomic E-state index is 13.0. The van der Waals surface area contributed by atoms with Crippen molar-refractivity contribution < 1.29 is 23.8 Å². The van der Waals surface area contributed by atoms with Gasteiger partial charge in [0.1, 0.15) is 17.1 Å². The summed E-state index contributed by atoms with van der Waals surface area (Å²) in [6, 6.07) is 3.19. The second kappa shape index (κ2) is 8.24. The van der Waals surface area contributed by atoms with Gasteiger partial charge >= 0.3 is 5.97 Å². The van der Waals surface area contributed by atoms with E-state index in [0.29, 0.717) is 13.1 Å². The Kier molecular flexibility index (Phi) is 6.65. The van der Waals surface area contributed by atoms with E-state index < -0.39 is 11.8 Å². The molecule has 6 heteroatoms. The van der Waals surface area contributed by atoms with Crippen molar-refractivity contribution in [3.63, 3.8) is 0 Å². The average Bonchev–Trinajstić information content (AvgIpc) is 2.45. The van der Waals surface area contributed by atoms with Crippen LogP contribution in [0.2, 0.25) is 0 Å². The fraction of sp³-hybridized carbons (Fsp3) is 0.467. The standard InChI is InChI=1S/C15H20FNO4/c1-3-7-17(8-4-2)14(18)10-21-13-6-5-11(16)9-12(13)15(19)20/h5-6,9H,3-4,7-8,10H2,1-2H3,(H,19,20). The van der Waals surface area contributed by atoms with Crippen molar-refractivity contribution in [3.05, 3.63) is 29.6 Å². The first-order valence-corrected chi connectivity index (χ1v) is 6.93. The second-order valence-electron chi connectivity index (χ2n) is 4.62. The van der Waals surface area contributed by atoms with Crippen LogP contribution in [0.15, 0.2) is 18.2 Å². The third-order valence-corrected chi connectivity index (χ3v) is 2.86. The molecule has 1 aromatic rings. The highest BCUT2D eigenvalue weighted by atomic mass is 19.1. The number of carbonyl (C=O) groups excluding carboxylic acids is 1. The summed E-state index contributed by atoms with van der Waals surface area (Å²) in [7, 11) is 0. The quantitative estimate of drug-likeness (QED) is 0.800. The van der Waals surface area contributed by atoms with Crippen LogP contribution in [0, 0.1) is 5.82 Å². The molecule has 1 aromatic carbocycles. The molecule has 0 aliphatic rings. The summed E-state index contributed by atoms with van der Waals surface area (Å²) in [6.07, 6.45) is 1.67. The van der Waals surface area contributed by atoms with Crippen LogP contribution in [0.3, 0.4) is 0 Å². The molecule has 0 aliphatic carbocycles. The third kappa shape index (κ3) is 5.06. The molecular weight excluding hydrogens is 277 g/mol. The van der Waals surface area contributed by atoms with Gasteiger partial charge in [0.25, 0.3) is 5.91 Å². The fourth-order valence-corrected chi connectivity index (χ4v) is 1.93. The summed E-state index contributed by atoms with van der Waals surface area (Å²) in [5.74, 6) is -2.18. The Morgan fingerprint density at radius 2 is 1.86 bits per heavy atom. The first kappa shape index (κ1) is 16.9. The van der Waals surface area contributed by atoms with E-state index in [4.69, 9.17) is 9.84 Å². The van der Waals surface area contributed by atoms with Crippen LogP contribution in [0.4, 0.5) is 4.39 Å². The van der Waals surface area contributed by atoms with Gasteiger partial charge in [0.05, 0.1) is 0 Å². The highest BCUT2D eigenvalue weighted by molar-refractivity contribution is 5.91. The third-order valence-electron chi connectivity index (χ3n) is 2.86. The van der Waals surface area contributed by atoms with Crippen LogP contribution < -0.4 is 4.74 Å². The Bertz CT molecular complexity index is 498. The number of carboxylic acids is 1. The minimum Gasteiger partial charge on any atom is -0.483 e. The molecule has 0 aliphatic heterocycles. The van der Waals surface area contributed by atoms with Crippen molar-refractivity contribution in [1.82, 2.24) is 4.90 Å². The number of benzene rings is 1. The van der Waals surface area contributed by atoms with Gasteiger partial charge in [-0.15, -0.1) is 0 Å². The van der Waals surface area contributed by atoms with Gasteiger partial charge in [-0.25, -0.2) is 9.18 Å². The van der Waals surface area contributed by atoms with Crippen LogP contribution in [0.1, 0.15) is 37.0 Å². The van der Waals surface area contributed by atoms with Gasteiger partial charge < -0.3 is 14.7 Å². The van der Waals surface area contributed by atoms with E-state index in [-0.39, 0.29) is 23.8 Å². The summed E-state index contributed by atoms with van der Waals surface area (Å²) in [5, 5.41) is 8.99. The van der Waals surface area contributed by atoms with Crippen molar-refractivity contribution in [2.75, 3.05) is 19.7 Å². The molecule has 1 N–H and O–H groups in total. The minimum atomic E-state index is -1.30. The minimum absolute atomic E-state index is 0.00908. The maximum Gasteiger partial charge on any atom is 0.339 e. The monoisotopic (exact) mass is 297 g/mol. The Labute approximate surface area is 123 Å². The lowest BCUT2D eigenvalue weighted by Gasteiger charge is -2.21. The van der Waals surface area contributed by atoms with Crippen molar-refractivity contribution in [3.8, 4) is 5.75 Å². The summed E-state index contributed by atoms with van der Waals surface area (Å²) < 4.78 is 18.3. The van der Waals surface area contributed by atoms with Crippen LogP contribution >= 0.6 is 0 Å². The molecule has 0 bridgehead atoms. The normalized spacial score (nSPS) is 10.2. The van der Waals surface area contributed by atoms with E-state index >= 15 is 0 Å². The summed E-state index contributed by atoms with van der Waals surface area (Å²) in [5.41, 5.74) is -0.291. The Balaban J connectivity index is 2.74. The molecule has 0 aromatic heterocycles. The molecule has 0 saturated carbocycles. The molecule has 21 heavy (non-hydrogen) atoms. The summed E-state index contributed by atoms with van der Waals surface area (Å²) >= 11 is 0. The van der Waals surface area contributed by atoms with Gasteiger partial charge in [0.2, 0.25) is 0 Å². The van der Waals surface area contributed by atoms with E-state index in [0.717, 1.165) is 25.0 Å². The highest BCUT2D eigenvalue weighted by Crippen LogP contribution is 2.19. The molecule has 0 fully saturated rings. The summed E-state index contributed by atoms with van der Waals surface area (Å²) in [6.45, 7) is 4.95. The zero-order valence-electron chi connectivity index (χ0n) is 12.3. The topological polar surface area (TPSA) is 66.8 Å². The van der Waals surface area contributed by atoms with Gasteiger partial charge in [0, 0.05) is 13.1 Å². The Hall–Kier alpha value is -2.11. The molecule has 1 amide bonds. The van der Waals surface area contributed by atoms with E-state index in [9.17, 15) is 14.0 Å². The van der Waals surface area contributed by atoms with Gasteiger partial charge in [-0.2, -0.15) is 0 Å². The van der Waals surface area contributed by atoms with Crippen LogP contribution in [0.5, 0.6) is 5.75 Å². The lowest BCUT2D eigenvalue weighted by molar-refractivity contribution is -0.133. The number of hydrogen-bond acceptors (Lipinski definition) is 3. The molecule has 5 nitrogen and oxygen atoms in total. The number of nitrogens with zero attached hydrogens (tertiary/aromatic N) is 1. The number of halogens is 1. The first-order valence-electron chi connectivity index (χ1n) is 6.93. The van der Waals surface area contributed by atoms with Crippen molar-refractivity contribution in [1.29, 1.82) is 0 Å². The smallest absolute Gasteiger partial charge is 0.339 e. The summed E-state index contributed by atoms with van der Waals surface area (Å²) in [4.78, 5) is 24.7. The van der Waals surface area contributed by atoms with Gasteiger partial charge in [0.15, 0.2) is 6.61 Å². The molecule has 1 rings (SSSR count). The lowest BCUT2D eigenvalue weighted by Crippen LogP contribution is -2.36. The van der Waals surface area contributed by atoms with Gasteiger partial charge in [-0.1, -0.05) is 13.8 Å². The Morgan fingerprint density at radius 3 is 2.38 bits per heavy atom. The van der Waals surface area contributed by atoms with Gasteiger partial charge in [-0.05, 0) is 31.0 Å². The SMILES string of the molecule is CCCN(CCC)C(=O)COc1ccc(F)cc1C(=O)O. The highest BCUT2D eigenvalue weighted by Gasteiger charge is 2.16. The number of hydrogen-bond donors (Lipinski definition) is 1. The molecule has 0 saturated heterocycles. The van der Waals surface area contributed by atoms with Crippen molar-refractivity contribution in [2.45, 2.75) is 26.7 Å². The largest absolute Gasteiger partial charge is 0.483 e. The molecule has 0 heterocycles. The average molecular weight is 297 g/mol. The molecule has 0 unspecified atom stereocenters. The van der Waals surface area contributed by atoms with E-state index in [1.54, 1.807) is 4.90 Å². The Morgan fingerprint density at radius 1 is 1.24 bits per heavy atom. The van der Waals surface area contributed by atoms with Crippen molar-refractivity contribution >= 4 is 11.9 Å². The molecule has 116 valence electrons. The number of carboxylic acid groups (broad SMARTS) is 1. The maximum absolute atomic E-state index is 13.0. The number of rotatable bonds is 8. The number of ether oxygens (including phenoxy) is 1. The number of aromatic carboxylic acids is 1. The van der Waals surface area contributed by atoms with Crippen LogP contribution in [-0.4, -0.2) is 41.6 Å². The number of carbonyl (C=O) groups is 2. The first-order chi connectivity index (χ1) is 9.99. The van der Waals surface area contributed by atoms with E-state index in [1.165, 1.54) is 6.07 Å². The second-order valence-corrected chi connectivity index (χ2v) is 4.62. The predicted molar refractivity (Wildman–Crippen MR) is 76.0 cm³/mol. The molecule has 0 atom stereocenters. The van der Waals surface area contributed by atoms with Crippen LogP contribution in [-0.2, 0) is 4.79 Å². The predicted octanol–water partition coefficient (Wildman–Crippen LogP) is 2.55. The fourth-order valence-electron chi connectivity index (χ4n) is 1.93. The van der Waals surface area contributed by atoms with E-state index in [2.05, 4.69) is 0 Å².